The van der Waals surface area contributed by atoms with E-state index >= 15 is 0 Å². The Morgan fingerprint density at radius 3 is 2.87 bits per heavy atom. The lowest BCUT2D eigenvalue weighted by atomic mass is 10.2. The van der Waals surface area contributed by atoms with Crippen molar-refractivity contribution in [2.45, 2.75) is 25.9 Å². The molecule has 1 N–H and O–H groups in total. The number of aromatic nitrogens is 2. The minimum atomic E-state index is -0.344. The molecule has 1 aromatic carbocycles. The van der Waals surface area contributed by atoms with E-state index in [0.29, 0.717) is 23.5 Å². The van der Waals surface area contributed by atoms with Crippen molar-refractivity contribution in [1.29, 1.82) is 0 Å². The second-order valence-electron chi connectivity index (χ2n) is 5.48. The molecule has 0 saturated carbocycles. The van der Waals surface area contributed by atoms with Gasteiger partial charge in [0.05, 0.1) is 23.0 Å². The summed E-state index contributed by atoms with van der Waals surface area (Å²) >= 11 is 6.31. The predicted molar refractivity (Wildman–Crippen MR) is 84.6 cm³/mol. The van der Waals surface area contributed by atoms with Crippen LogP contribution in [0.1, 0.15) is 28.9 Å². The molecule has 1 atom stereocenters. The number of benzene rings is 1. The highest BCUT2D eigenvalue weighted by Crippen LogP contribution is 2.23. The number of amides is 1. The molecule has 0 radical (unpaired) electrons. The summed E-state index contributed by atoms with van der Waals surface area (Å²) in [5.41, 5.74) is 1.44. The monoisotopic (exact) mass is 337 g/mol. The molecule has 1 aliphatic rings. The summed E-state index contributed by atoms with van der Waals surface area (Å²) in [5, 5.41) is 7.32. The highest BCUT2D eigenvalue weighted by atomic mass is 35.5. The van der Waals surface area contributed by atoms with Gasteiger partial charge in [-0.25, -0.2) is 9.07 Å². The van der Waals surface area contributed by atoms with Crippen LogP contribution in [0.2, 0.25) is 5.15 Å². The van der Waals surface area contributed by atoms with Gasteiger partial charge in [0.2, 0.25) is 0 Å². The summed E-state index contributed by atoms with van der Waals surface area (Å²) < 4.78 is 19.9. The zero-order valence-corrected chi connectivity index (χ0v) is 13.4. The smallest absolute Gasteiger partial charge is 0.256 e. The van der Waals surface area contributed by atoms with Crippen molar-refractivity contribution in [2.75, 3.05) is 13.2 Å². The number of ether oxygens (including phenoxy) is 1. The molecule has 1 fully saturated rings. The quantitative estimate of drug-likeness (QED) is 0.933. The van der Waals surface area contributed by atoms with Gasteiger partial charge in [-0.2, -0.15) is 5.10 Å². The highest BCUT2D eigenvalue weighted by molar-refractivity contribution is 6.33. The first kappa shape index (κ1) is 16.0. The summed E-state index contributed by atoms with van der Waals surface area (Å²) in [7, 11) is 0. The van der Waals surface area contributed by atoms with Gasteiger partial charge in [0.1, 0.15) is 11.0 Å². The minimum Gasteiger partial charge on any atom is -0.376 e. The fourth-order valence-electron chi connectivity index (χ4n) is 2.61. The number of hydrogen-bond donors (Lipinski definition) is 1. The molecule has 23 heavy (non-hydrogen) atoms. The average Bonchev–Trinajstić information content (AvgIpc) is 3.14. The third-order valence-corrected chi connectivity index (χ3v) is 4.17. The fraction of sp³-hybridized carbons (Fsp3) is 0.375. The third-order valence-electron chi connectivity index (χ3n) is 3.82. The van der Waals surface area contributed by atoms with Crippen molar-refractivity contribution in [2.24, 2.45) is 0 Å². The molecule has 0 aliphatic carbocycles. The van der Waals surface area contributed by atoms with Crippen molar-refractivity contribution in [3.8, 4) is 5.69 Å². The second kappa shape index (κ2) is 6.68. The Morgan fingerprint density at radius 1 is 1.48 bits per heavy atom. The Hall–Kier alpha value is -1.92. The number of hydrogen-bond acceptors (Lipinski definition) is 3. The van der Waals surface area contributed by atoms with Crippen LogP contribution < -0.4 is 5.32 Å². The lowest BCUT2D eigenvalue weighted by Crippen LogP contribution is -2.32. The first-order chi connectivity index (χ1) is 11.1. The molecule has 7 heteroatoms. The molecular formula is C16H17ClFN3O2. The number of halogens is 2. The Balaban J connectivity index is 1.79. The molecule has 2 aromatic rings. The van der Waals surface area contributed by atoms with E-state index in [-0.39, 0.29) is 23.0 Å². The summed E-state index contributed by atoms with van der Waals surface area (Å²) in [4.78, 5) is 12.4. The van der Waals surface area contributed by atoms with Gasteiger partial charge in [-0.15, -0.1) is 0 Å². The number of carbonyl (C=O) groups excluding carboxylic acids is 1. The topological polar surface area (TPSA) is 56.2 Å². The van der Waals surface area contributed by atoms with Gasteiger partial charge in [-0.3, -0.25) is 4.79 Å². The van der Waals surface area contributed by atoms with Crippen molar-refractivity contribution in [1.82, 2.24) is 15.1 Å². The highest BCUT2D eigenvalue weighted by Gasteiger charge is 2.23. The van der Waals surface area contributed by atoms with Crippen molar-refractivity contribution in [3.05, 3.63) is 46.5 Å². The van der Waals surface area contributed by atoms with Gasteiger partial charge in [-0.05, 0) is 44.0 Å². The van der Waals surface area contributed by atoms with Gasteiger partial charge in [0.25, 0.3) is 5.91 Å². The Bertz CT molecular complexity index is 709. The first-order valence-electron chi connectivity index (χ1n) is 7.47. The number of carbonyl (C=O) groups is 1. The summed E-state index contributed by atoms with van der Waals surface area (Å²) in [6.45, 7) is 2.91. The summed E-state index contributed by atoms with van der Waals surface area (Å²) in [6, 6.07) is 5.75. The van der Waals surface area contributed by atoms with E-state index in [4.69, 9.17) is 16.3 Å². The molecular weight excluding hydrogens is 321 g/mol. The van der Waals surface area contributed by atoms with Crippen molar-refractivity contribution < 1.29 is 13.9 Å². The van der Waals surface area contributed by atoms with E-state index in [0.717, 1.165) is 19.4 Å². The van der Waals surface area contributed by atoms with E-state index in [1.807, 2.05) is 0 Å². The number of rotatable bonds is 4. The molecule has 5 nitrogen and oxygen atoms in total. The third kappa shape index (κ3) is 3.38. The molecule has 3 rings (SSSR count). The molecule has 0 bridgehead atoms. The van der Waals surface area contributed by atoms with Crippen LogP contribution in [0.3, 0.4) is 0 Å². The van der Waals surface area contributed by atoms with Crippen LogP contribution in [0, 0.1) is 12.7 Å². The standard InChI is InChI=1S/C16H17ClFN3O2/c1-10-14(16(22)19-9-13-3-2-8-23-13)15(17)21(20-10)12-6-4-11(18)5-7-12/h4-7,13H,2-3,8-9H2,1H3,(H,19,22)/t13-/m0/s1. The zero-order valence-electron chi connectivity index (χ0n) is 12.7. The molecule has 0 unspecified atom stereocenters. The molecule has 122 valence electrons. The van der Waals surface area contributed by atoms with Crippen LogP contribution in [-0.4, -0.2) is 34.9 Å². The summed E-state index contributed by atoms with van der Waals surface area (Å²) in [5.74, 6) is -0.625. The molecule has 1 amide bonds. The number of nitrogens with one attached hydrogen (secondary N) is 1. The van der Waals surface area contributed by atoms with Gasteiger partial charge in [0, 0.05) is 13.2 Å². The Morgan fingerprint density at radius 2 is 2.22 bits per heavy atom. The lowest BCUT2D eigenvalue weighted by Gasteiger charge is -2.10. The SMILES string of the molecule is Cc1nn(-c2ccc(F)cc2)c(Cl)c1C(=O)NC[C@@H]1CCCO1. The Labute approximate surface area is 138 Å². The Kier molecular flexibility index (Phi) is 4.63. The molecule has 0 spiro atoms. The maximum absolute atomic E-state index is 13.0. The molecule has 2 heterocycles. The molecule has 1 saturated heterocycles. The fourth-order valence-corrected chi connectivity index (χ4v) is 2.97. The van der Waals surface area contributed by atoms with Gasteiger partial charge < -0.3 is 10.1 Å². The minimum absolute atomic E-state index is 0.0603. The van der Waals surface area contributed by atoms with Crippen LogP contribution in [-0.2, 0) is 4.74 Å². The van der Waals surface area contributed by atoms with Gasteiger partial charge >= 0.3 is 0 Å². The van der Waals surface area contributed by atoms with E-state index in [1.165, 1.54) is 16.8 Å². The van der Waals surface area contributed by atoms with Crippen LogP contribution in [0.5, 0.6) is 0 Å². The van der Waals surface area contributed by atoms with Crippen molar-refractivity contribution >= 4 is 17.5 Å². The van der Waals surface area contributed by atoms with Gasteiger partial charge in [0.15, 0.2) is 0 Å². The van der Waals surface area contributed by atoms with Crippen LogP contribution in [0.25, 0.3) is 5.69 Å². The van der Waals surface area contributed by atoms with E-state index < -0.39 is 0 Å². The van der Waals surface area contributed by atoms with E-state index in [9.17, 15) is 9.18 Å². The number of nitrogens with zero attached hydrogens (tertiary/aromatic N) is 2. The predicted octanol–water partition coefficient (Wildman–Crippen LogP) is 2.88. The second-order valence-corrected chi connectivity index (χ2v) is 5.84. The maximum atomic E-state index is 13.0. The maximum Gasteiger partial charge on any atom is 0.256 e. The average molecular weight is 338 g/mol. The normalized spacial score (nSPS) is 17.4. The lowest BCUT2D eigenvalue weighted by molar-refractivity contribution is 0.0857. The van der Waals surface area contributed by atoms with Gasteiger partial charge in [-0.1, -0.05) is 11.6 Å². The van der Waals surface area contributed by atoms with E-state index in [2.05, 4.69) is 10.4 Å². The van der Waals surface area contributed by atoms with Crippen LogP contribution >= 0.6 is 11.6 Å². The van der Waals surface area contributed by atoms with Crippen LogP contribution in [0.15, 0.2) is 24.3 Å². The zero-order chi connectivity index (χ0) is 16.4. The largest absolute Gasteiger partial charge is 0.376 e. The number of aryl methyl sites for hydroxylation is 1. The van der Waals surface area contributed by atoms with Crippen LogP contribution in [0.4, 0.5) is 4.39 Å². The first-order valence-corrected chi connectivity index (χ1v) is 7.85. The van der Waals surface area contributed by atoms with Crippen molar-refractivity contribution in [3.63, 3.8) is 0 Å². The molecule has 1 aliphatic heterocycles. The van der Waals surface area contributed by atoms with E-state index in [1.54, 1.807) is 19.1 Å². The summed E-state index contributed by atoms with van der Waals surface area (Å²) in [6.07, 6.45) is 2.02. The molecule has 1 aromatic heterocycles.